The van der Waals surface area contributed by atoms with Crippen LogP contribution in [0.1, 0.15) is 46.7 Å². The van der Waals surface area contributed by atoms with Crippen molar-refractivity contribution in [3.8, 4) is 11.1 Å². The Kier molecular flexibility index (Phi) is 7.26. The molecule has 0 radical (unpaired) electrons. The Balaban J connectivity index is 1.09. The molecule has 36 heavy (non-hydrogen) atoms. The quantitative estimate of drug-likeness (QED) is 0.377. The van der Waals surface area contributed by atoms with Crippen molar-refractivity contribution in [3.05, 3.63) is 95.6 Å². The molecule has 3 aromatic carbocycles. The Morgan fingerprint density at radius 1 is 0.861 bits per heavy atom. The van der Waals surface area contributed by atoms with Crippen molar-refractivity contribution in [3.63, 3.8) is 0 Å². The molecule has 2 atom stereocenters. The molecule has 188 valence electrons. The summed E-state index contributed by atoms with van der Waals surface area (Å²) >= 11 is 0. The van der Waals surface area contributed by atoms with Crippen LogP contribution in [-0.4, -0.2) is 48.6 Å². The Morgan fingerprint density at radius 2 is 1.50 bits per heavy atom. The van der Waals surface area contributed by atoms with Gasteiger partial charge in [-0.3, -0.25) is 9.69 Å². The zero-order chi connectivity index (χ0) is 25.1. The van der Waals surface area contributed by atoms with Crippen LogP contribution in [0, 0.1) is 0 Å². The maximum Gasteiger partial charge on any atom is 0.401 e. The molecule has 3 nitrogen and oxygen atoms in total. The number of carbonyl (C=O) groups is 1. The first-order chi connectivity index (χ1) is 17.3. The average molecular weight is 493 g/mol. The van der Waals surface area contributed by atoms with Crippen LogP contribution in [0.5, 0.6) is 0 Å². The van der Waals surface area contributed by atoms with E-state index >= 15 is 0 Å². The molecule has 0 bridgehead atoms. The van der Waals surface area contributed by atoms with Crippen molar-refractivity contribution in [2.75, 3.05) is 19.6 Å². The second-order valence-corrected chi connectivity index (χ2v) is 10.1. The number of hydrogen-bond acceptors (Lipinski definition) is 3. The van der Waals surface area contributed by atoms with Crippen molar-refractivity contribution < 1.29 is 18.0 Å². The normalized spacial score (nSPS) is 20.9. The lowest BCUT2D eigenvalue weighted by Gasteiger charge is -2.33. The molecule has 1 aliphatic carbocycles. The summed E-state index contributed by atoms with van der Waals surface area (Å²) < 4.78 is 37.7. The molecule has 1 saturated heterocycles. The number of Topliss-reactive ketones (excluding diaryl/α,β-unsaturated/α-hetero) is 1. The number of benzene rings is 3. The molecule has 0 amide bonds. The van der Waals surface area contributed by atoms with Crippen molar-refractivity contribution in [2.45, 2.75) is 49.9 Å². The minimum atomic E-state index is -4.12. The smallest absolute Gasteiger partial charge is 0.311 e. The van der Waals surface area contributed by atoms with Gasteiger partial charge in [-0.05, 0) is 54.6 Å². The number of halogens is 3. The number of nitrogens with one attached hydrogen (secondary N) is 1. The highest BCUT2D eigenvalue weighted by molar-refractivity contribution is 5.97. The van der Waals surface area contributed by atoms with E-state index in [1.807, 2.05) is 54.6 Å². The van der Waals surface area contributed by atoms with Gasteiger partial charge in [-0.25, -0.2) is 0 Å². The second kappa shape index (κ2) is 10.6. The number of ketones is 1. The summed E-state index contributed by atoms with van der Waals surface area (Å²) in [5.41, 5.74) is 5.19. The number of piperidine rings is 1. The maximum atomic E-state index is 12.8. The van der Waals surface area contributed by atoms with Crippen LogP contribution in [0.4, 0.5) is 13.2 Å². The highest BCUT2D eigenvalue weighted by atomic mass is 19.4. The van der Waals surface area contributed by atoms with E-state index in [4.69, 9.17) is 0 Å². The van der Waals surface area contributed by atoms with Crippen molar-refractivity contribution in [2.24, 2.45) is 0 Å². The zero-order valence-electron chi connectivity index (χ0n) is 20.2. The third-order valence-corrected chi connectivity index (χ3v) is 7.32. The van der Waals surface area contributed by atoms with E-state index in [-0.39, 0.29) is 11.8 Å². The van der Waals surface area contributed by atoms with Gasteiger partial charge in [0.05, 0.1) is 6.54 Å². The highest BCUT2D eigenvalue weighted by Gasteiger charge is 2.40. The molecular formula is C30H31F3N2O. The Morgan fingerprint density at radius 3 is 2.14 bits per heavy atom. The van der Waals surface area contributed by atoms with Gasteiger partial charge in [0, 0.05) is 30.0 Å². The van der Waals surface area contributed by atoms with Crippen LogP contribution >= 0.6 is 0 Å². The summed E-state index contributed by atoms with van der Waals surface area (Å²) in [5.74, 6) is 0.540. The van der Waals surface area contributed by atoms with Crippen molar-refractivity contribution in [1.82, 2.24) is 10.2 Å². The highest BCUT2D eigenvalue weighted by Crippen LogP contribution is 2.41. The van der Waals surface area contributed by atoms with E-state index in [2.05, 4.69) is 29.6 Å². The topological polar surface area (TPSA) is 32.3 Å². The average Bonchev–Trinajstić information content (AvgIpc) is 3.64. The second-order valence-electron chi connectivity index (χ2n) is 10.1. The molecule has 5 rings (SSSR count). The first kappa shape index (κ1) is 24.7. The molecule has 3 aromatic rings. The molecule has 1 saturated carbocycles. The maximum absolute atomic E-state index is 12.8. The van der Waals surface area contributed by atoms with Crippen LogP contribution in [0.15, 0.2) is 78.9 Å². The number of carbonyl (C=O) groups excluding carboxylic acids is 1. The minimum absolute atomic E-state index is 0.102. The number of likely N-dealkylation sites (tertiary alicyclic amines) is 1. The molecule has 1 aliphatic heterocycles. The van der Waals surface area contributed by atoms with Gasteiger partial charge < -0.3 is 5.32 Å². The summed E-state index contributed by atoms with van der Waals surface area (Å²) in [4.78, 5) is 14.3. The fourth-order valence-electron chi connectivity index (χ4n) is 5.21. The Hall–Kier alpha value is -2.96. The summed E-state index contributed by atoms with van der Waals surface area (Å²) in [5, 5.41) is 3.65. The van der Waals surface area contributed by atoms with Gasteiger partial charge in [0.15, 0.2) is 5.78 Å². The number of nitrogens with zero attached hydrogens (tertiary/aromatic N) is 1. The van der Waals surface area contributed by atoms with Crippen LogP contribution in [0.2, 0.25) is 0 Å². The number of hydrogen-bond donors (Lipinski definition) is 1. The van der Waals surface area contributed by atoms with Crippen molar-refractivity contribution in [1.29, 1.82) is 0 Å². The third kappa shape index (κ3) is 6.42. The molecule has 1 heterocycles. The fraction of sp³-hybridized carbons (Fsp3) is 0.367. The first-order valence-electron chi connectivity index (χ1n) is 12.7. The minimum Gasteiger partial charge on any atom is -0.311 e. The monoisotopic (exact) mass is 492 g/mol. The van der Waals surface area contributed by atoms with E-state index < -0.39 is 12.7 Å². The Bertz CT molecular complexity index is 1150. The molecule has 2 fully saturated rings. The van der Waals surface area contributed by atoms with Crippen LogP contribution in [-0.2, 0) is 6.42 Å². The largest absolute Gasteiger partial charge is 0.401 e. The van der Waals surface area contributed by atoms with Gasteiger partial charge in [0.2, 0.25) is 0 Å². The summed E-state index contributed by atoms with van der Waals surface area (Å²) in [6.07, 6.45) is -1.19. The summed E-state index contributed by atoms with van der Waals surface area (Å²) in [6.45, 7) is 0.179. The lowest BCUT2D eigenvalue weighted by Crippen LogP contribution is -2.46. The standard InChI is InChI=1S/C30H31F3N2O/c31-30(32,33)20-35-16-14-26(15-17-35)34-28-19-27(28)24-8-6-21(7-9-24)18-29(36)25-12-10-23(11-13-25)22-4-2-1-3-5-22/h1-13,26-28,34H,14-20H2. The summed E-state index contributed by atoms with van der Waals surface area (Å²) in [7, 11) is 0. The van der Waals surface area contributed by atoms with Gasteiger partial charge >= 0.3 is 6.18 Å². The van der Waals surface area contributed by atoms with Crippen molar-refractivity contribution >= 4 is 5.78 Å². The van der Waals surface area contributed by atoms with Crippen LogP contribution < -0.4 is 5.32 Å². The first-order valence-corrected chi connectivity index (χ1v) is 12.7. The number of alkyl halides is 3. The van der Waals surface area contributed by atoms with E-state index in [0.717, 1.165) is 36.0 Å². The van der Waals surface area contributed by atoms with E-state index in [0.29, 0.717) is 37.0 Å². The van der Waals surface area contributed by atoms with Gasteiger partial charge in [-0.1, -0.05) is 78.9 Å². The molecule has 0 aromatic heterocycles. The van der Waals surface area contributed by atoms with Crippen LogP contribution in [0.3, 0.4) is 0 Å². The molecular weight excluding hydrogens is 461 g/mol. The van der Waals surface area contributed by atoms with Gasteiger partial charge in [0.25, 0.3) is 0 Å². The molecule has 2 unspecified atom stereocenters. The zero-order valence-corrected chi connectivity index (χ0v) is 20.2. The molecule has 0 spiro atoms. The Labute approximate surface area is 210 Å². The lowest BCUT2D eigenvalue weighted by atomic mass is 9.98. The predicted octanol–water partition coefficient (Wildman–Crippen LogP) is 6.25. The SMILES string of the molecule is O=C(Cc1ccc(C2CC2NC2CCN(CC(F)(F)F)CC2)cc1)c1ccc(-c2ccccc2)cc1. The summed E-state index contributed by atoms with van der Waals surface area (Å²) in [6, 6.07) is 26.9. The van der Waals surface area contributed by atoms with Crippen LogP contribution in [0.25, 0.3) is 11.1 Å². The van der Waals surface area contributed by atoms with E-state index in [1.165, 1.54) is 10.5 Å². The molecule has 6 heteroatoms. The third-order valence-electron chi connectivity index (χ3n) is 7.32. The van der Waals surface area contributed by atoms with Gasteiger partial charge in [-0.2, -0.15) is 13.2 Å². The fourth-order valence-corrected chi connectivity index (χ4v) is 5.21. The number of rotatable bonds is 8. The lowest BCUT2D eigenvalue weighted by molar-refractivity contribution is -0.148. The molecule has 1 N–H and O–H groups in total. The molecule has 2 aliphatic rings. The van der Waals surface area contributed by atoms with Gasteiger partial charge in [0.1, 0.15) is 0 Å². The van der Waals surface area contributed by atoms with Gasteiger partial charge in [-0.15, -0.1) is 0 Å². The predicted molar refractivity (Wildman–Crippen MR) is 136 cm³/mol. The van der Waals surface area contributed by atoms with E-state index in [9.17, 15) is 18.0 Å². The van der Waals surface area contributed by atoms with E-state index in [1.54, 1.807) is 0 Å².